The van der Waals surface area contributed by atoms with Crippen LogP contribution in [0.2, 0.25) is 0 Å². The number of nitrogens with one attached hydrogen (secondary N) is 2. The van der Waals surface area contributed by atoms with Crippen LogP contribution in [0.3, 0.4) is 0 Å². The van der Waals surface area contributed by atoms with E-state index < -0.39 is 11.4 Å². The molecule has 3 heterocycles. The molecule has 0 radical (unpaired) electrons. The second kappa shape index (κ2) is 6.65. The third-order valence-corrected chi connectivity index (χ3v) is 6.85. The minimum absolute atomic E-state index is 0.309. The van der Waals surface area contributed by atoms with Gasteiger partial charge in [-0.2, -0.15) is 5.10 Å². The van der Waals surface area contributed by atoms with Gasteiger partial charge in [0.05, 0.1) is 11.7 Å². The molecule has 1 saturated heterocycles. The Kier molecular flexibility index (Phi) is 3.98. The Bertz CT molecular complexity index is 1200. The molecule has 0 unspecified atom stereocenters. The fourth-order valence-electron chi connectivity index (χ4n) is 5.03. The Morgan fingerprint density at radius 1 is 1.23 bits per heavy atom. The number of fused-ring (bicyclic) bond motifs is 2. The zero-order valence-electron chi connectivity index (χ0n) is 16.9. The largest absolute Gasteiger partial charge is 0.356 e. The van der Waals surface area contributed by atoms with Gasteiger partial charge in [0, 0.05) is 36.1 Å². The van der Waals surface area contributed by atoms with Crippen LogP contribution in [0.25, 0.3) is 5.65 Å². The number of allylic oxidation sites excluding steroid dienone is 1. The van der Waals surface area contributed by atoms with Gasteiger partial charge in [0.25, 0.3) is 0 Å². The molecule has 0 spiro atoms. The number of nitrogens with zero attached hydrogens (tertiary/aromatic N) is 4. The van der Waals surface area contributed by atoms with Crippen molar-refractivity contribution >= 4 is 17.2 Å². The second-order valence-corrected chi connectivity index (χ2v) is 8.66. The average Bonchev–Trinajstić information content (AvgIpc) is 3.68. The first kappa shape index (κ1) is 18.6. The van der Waals surface area contributed by atoms with E-state index in [0.29, 0.717) is 23.0 Å². The molecule has 1 aromatic carbocycles. The van der Waals surface area contributed by atoms with Crippen LogP contribution in [0.15, 0.2) is 48.6 Å². The molecule has 9 heteroatoms. The maximum absolute atomic E-state index is 14.7. The van der Waals surface area contributed by atoms with E-state index in [2.05, 4.69) is 20.7 Å². The topological polar surface area (TPSA) is 83.5 Å². The molecular weight excluding hydrogens is 400 g/mol. The number of hydrogen-bond acceptors (Lipinski definition) is 6. The number of halogens is 2. The number of hydrogen-bond donors (Lipinski definition) is 3. The van der Waals surface area contributed by atoms with Gasteiger partial charge in [-0.1, -0.05) is 0 Å². The number of rotatable bonds is 6. The molecule has 3 aliphatic rings. The van der Waals surface area contributed by atoms with Crippen molar-refractivity contribution in [1.29, 1.82) is 0 Å². The van der Waals surface area contributed by atoms with Crippen molar-refractivity contribution in [1.82, 2.24) is 20.0 Å². The molecule has 2 saturated carbocycles. The first-order chi connectivity index (χ1) is 15.1. The minimum atomic E-state index is -0.520. The van der Waals surface area contributed by atoms with Gasteiger partial charge in [0.1, 0.15) is 23.1 Å². The smallest absolute Gasteiger partial charge is 0.180 e. The summed E-state index contributed by atoms with van der Waals surface area (Å²) in [5.74, 6) is 6.37. The van der Waals surface area contributed by atoms with E-state index >= 15 is 0 Å². The minimum Gasteiger partial charge on any atom is -0.356 e. The van der Waals surface area contributed by atoms with Crippen LogP contribution in [0.4, 0.5) is 20.3 Å². The Morgan fingerprint density at radius 3 is 2.87 bits per heavy atom. The summed E-state index contributed by atoms with van der Waals surface area (Å²) in [6, 6.07) is 5.61. The molecule has 3 aromatic rings. The van der Waals surface area contributed by atoms with E-state index in [1.165, 1.54) is 18.2 Å². The van der Waals surface area contributed by atoms with Crippen molar-refractivity contribution in [3.8, 4) is 0 Å². The number of nitrogens with two attached hydrogens (primary N) is 1. The number of aromatic nitrogens is 3. The summed E-state index contributed by atoms with van der Waals surface area (Å²) >= 11 is 0. The first-order valence-electron chi connectivity index (χ1n) is 10.6. The van der Waals surface area contributed by atoms with Gasteiger partial charge in [-0.15, -0.1) is 0 Å². The fraction of sp³-hybridized carbons (Fsp3) is 0.364. The highest BCUT2D eigenvalue weighted by atomic mass is 19.1. The van der Waals surface area contributed by atoms with E-state index in [4.69, 9.17) is 10.8 Å². The van der Waals surface area contributed by atoms with Crippen LogP contribution in [-0.4, -0.2) is 21.1 Å². The summed E-state index contributed by atoms with van der Waals surface area (Å²) in [7, 11) is 0. The van der Waals surface area contributed by atoms with E-state index in [9.17, 15) is 8.78 Å². The van der Waals surface area contributed by atoms with Gasteiger partial charge >= 0.3 is 0 Å². The van der Waals surface area contributed by atoms with Crippen LogP contribution >= 0.6 is 0 Å². The number of piperidine rings is 1. The summed E-state index contributed by atoms with van der Waals surface area (Å²) < 4.78 is 30.3. The zero-order chi connectivity index (χ0) is 21.2. The number of hydrazine groups is 1. The van der Waals surface area contributed by atoms with Crippen molar-refractivity contribution in [3.63, 3.8) is 0 Å². The molecule has 31 heavy (non-hydrogen) atoms. The summed E-state index contributed by atoms with van der Waals surface area (Å²) in [5, 5.41) is 7.62. The summed E-state index contributed by atoms with van der Waals surface area (Å²) in [6.07, 6.45) is 9.42. The van der Waals surface area contributed by atoms with Crippen molar-refractivity contribution < 1.29 is 8.78 Å². The van der Waals surface area contributed by atoms with E-state index in [1.54, 1.807) is 10.7 Å². The van der Waals surface area contributed by atoms with E-state index in [1.807, 2.05) is 18.5 Å². The summed E-state index contributed by atoms with van der Waals surface area (Å²) in [5.41, 5.74) is 5.04. The van der Waals surface area contributed by atoms with Gasteiger partial charge in [0.2, 0.25) is 0 Å². The lowest BCUT2D eigenvalue weighted by Gasteiger charge is -2.30. The summed E-state index contributed by atoms with van der Waals surface area (Å²) in [4.78, 5) is 6.97. The van der Waals surface area contributed by atoms with Crippen molar-refractivity contribution in [2.75, 3.05) is 16.8 Å². The Hall–Kier alpha value is -3.20. The molecule has 3 fully saturated rings. The van der Waals surface area contributed by atoms with Crippen molar-refractivity contribution in [2.45, 2.75) is 31.2 Å². The number of anilines is 2. The SMILES string of the molecule is NN/C(=C\Nc1cnn2ccc(N3CC[C@H]4C[C@]43c3cc(F)ccc3F)nc12)C1CC1. The van der Waals surface area contributed by atoms with Crippen LogP contribution in [0, 0.1) is 23.5 Å². The highest BCUT2D eigenvalue weighted by Crippen LogP contribution is 2.63. The summed E-state index contributed by atoms with van der Waals surface area (Å²) in [6.45, 7) is 0.753. The van der Waals surface area contributed by atoms with Gasteiger partial charge < -0.3 is 15.6 Å². The molecule has 0 amide bonds. The standard InChI is InChI=1S/C22H23F2N7/c23-15-3-4-17(24)16(9-15)22-10-14(22)5-7-30(22)20-6-8-31-21(28-20)19(12-27-31)26-11-18(29-25)13-1-2-13/h3-4,6,8-9,11-14,26,29H,1-2,5,7,10,25H2/b18-11-/t14-,22+/m0/s1. The van der Waals surface area contributed by atoms with Gasteiger partial charge in [-0.05, 0) is 55.9 Å². The van der Waals surface area contributed by atoms with Crippen LogP contribution in [0.5, 0.6) is 0 Å². The highest BCUT2D eigenvalue weighted by molar-refractivity contribution is 5.70. The molecule has 160 valence electrons. The maximum Gasteiger partial charge on any atom is 0.180 e. The van der Waals surface area contributed by atoms with Crippen LogP contribution in [-0.2, 0) is 5.54 Å². The monoisotopic (exact) mass is 423 g/mol. The molecular formula is C22H23F2N7. The predicted molar refractivity (Wildman–Crippen MR) is 113 cm³/mol. The lowest BCUT2D eigenvalue weighted by molar-refractivity contribution is 0.544. The molecule has 7 nitrogen and oxygen atoms in total. The molecule has 2 aromatic heterocycles. The highest BCUT2D eigenvalue weighted by Gasteiger charge is 2.64. The molecule has 0 bridgehead atoms. The quantitative estimate of drug-likeness (QED) is 0.417. The maximum atomic E-state index is 14.7. The fourth-order valence-corrected chi connectivity index (χ4v) is 5.03. The lowest BCUT2D eigenvalue weighted by Crippen LogP contribution is -2.34. The van der Waals surface area contributed by atoms with Gasteiger partial charge in [-0.25, -0.2) is 18.3 Å². The number of benzene rings is 1. The van der Waals surface area contributed by atoms with Crippen LogP contribution < -0.4 is 21.5 Å². The average molecular weight is 423 g/mol. The Morgan fingerprint density at radius 2 is 2.10 bits per heavy atom. The Labute approximate surface area is 177 Å². The van der Waals surface area contributed by atoms with Crippen molar-refractivity contribution in [2.24, 2.45) is 17.7 Å². The Balaban J connectivity index is 1.36. The zero-order valence-corrected chi connectivity index (χ0v) is 16.9. The van der Waals surface area contributed by atoms with Gasteiger partial charge in [-0.3, -0.25) is 5.84 Å². The predicted octanol–water partition coefficient (Wildman–Crippen LogP) is 3.26. The van der Waals surface area contributed by atoms with Crippen LogP contribution in [0.1, 0.15) is 31.2 Å². The molecule has 2 aliphatic carbocycles. The van der Waals surface area contributed by atoms with Gasteiger partial charge in [0.15, 0.2) is 5.65 Å². The molecule has 4 N–H and O–H groups in total. The van der Waals surface area contributed by atoms with Crippen molar-refractivity contribution in [3.05, 3.63) is 65.8 Å². The normalized spacial score (nSPS) is 25.1. The molecule has 1 aliphatic heterocycles. The first-order valence-corrected chi connectivity index (χ1v) is 10.6. The lowest BCUT2D eigenvalue weighted by atomic mass is 10.0. The second-order valence-electron chi connectivity index (χ2n) is 8.66. The molecule has 6 rings (SSSR count). The third-order valence-electron chi connectivity index (χ3n) is 6.85. The van der Waals surface area contributed by atoms with E-state index in [-0.39, 0.29) is 5.82 Å². The molecule has 2 atom stereocenters. The third kappa shape index (κ3) is 2.87. The van der Waals surface area contributed by atoms with E-state index in [0.717, 1.165) is 49.4 Å².